The maximum Gasteiger partial charge on any atom is 0.211 e. The largest absolute Gasteiger partial charge is 0.381 e. The van der Waals surface area contributed by atoms with Gasteiger partial charge in [-0.1, -0.05) is 0 Å². The maximum absolute atomic E-state index is 11.6. The first-order chi connectivity index (χ1) is 9.00. The van der Waals surface area contributed by atoms with Gasteiger partial charge in [-0.2, -0.15) is 0 Å². The monoisotopic (exact) mass is 290 g/mol. The van der Waals surface area contributed by atoms with Gasteiger partial charge >= 0.3 is 0 Å². The van der Waals surface area contributed by atoms with Crippen LogP contribution in [0, 0.1) is 11.8 Å². The summed E-state index contributed by atoms with van der Waals surface area (Å²) in [5.74, 6) is 0.995. The van der Waals surface area contributed by atoms with Crippen molar-refractivity contribution in [1.29, 1.82) is 0 Å². The van der Waals surface area contributed by atoms with Gasteiger partial charge in [0, 0.05) is 25.7 Å². The Hall–Kier alpha value is -0.170. The molecule has 0 spiro atoms. The highest BCUT2D eigenvalue weighted by atomic mass is 32.2. The summed E-state index contributed by atoms with van der Waals surface area (Å²) in [5, 5.41) is 3.37. The molecule has 5 nitrogen and oxygen atoms in total. The lowest BCUT2D eigenvalue weighted by Gasteiger charge is -2.37. The summed E-state index contributed by atoms with van der Waals surface area (Å²) in [5.41, 5.74) is 0. The molecule has 0 aromatic carbocycles. The van der Waals surface area contributed by atoms with Crippen molar-refractivity contribution in [2.45, 2.75) is 31.7 Å². The van der Waals surface area contributed by atoms with Gasteiger partial charge in [0.25, 0.3) is 0 Å². The normalized spacial score (nSPS) is 34.3. The lowest BCUT2D eigenvalue weighted by molar-refractivity contribution is 0.0207. The van der Waals surface area contributed by atoms with Crippen LogP contribution < -0.4 is 5.32 Å². The number of sulfonamides is 1. The van der Waals surface area contributed by atoms with E-state index in [-0.39, 0.29) is 0 Å². The smallest absolute Gasteiger partial charge is 0.211 e. The molecular formula is C13H26N2O3S. The first kappa shape index (κ1) is 15.2. The molecule has 3 unspecified atom stereocenters. The zero-order chi connectivity index (χ0) is 13.9. The fourth-order valence-electron chi connectivity index (χ4n) is 3.36. The van der Waals surface area contributed by atoms with E-state index in [4.69, 9.17) is 4.74 Å². The number of hydrogen-bond acceptors (Lipinski definition) is 4. The van der Waals surface area contributed by atoms with Gasteiger partial charge in [-0.15, -0.1) is 0 Å². The maximum atomic E-state index is 11.6. The van der Waals surface area contributed by atoms with E-state index in [1.807, 2.05) is 7.05 Å². The Kier molecular flexibility index (Phi) is 5.22. The Morgan fingerprint density at radius 2 is 2.16 bits per heavy atom. The molecule has 0 amide bonds. The molecule has 2 rings (SSSR count). The van der Waals surface area contributed by atoms with E-state index < -0.39 is 10.0 Å². The fraction of sp³-hybridized carbons (Fsp3) is 1.00. The Labute approximate surface area is 116 Å². The van der Waals surface area contributed by atoms with Crippen LogP contribution in [0.3, 0.4) is 0 Å². The predicted molar refractivity (Wildman–Crippen MR) is 75.5 cm³/mol. The summed E-state index contributed by atoms with van der Waals surface area (Å²) in [7, 11) is -1.03. The highest BCUT2D eigenvalue weighted by Gasteiger charge is 2.31. The second kappa shape index (κ2) is 6.52. The van der Waals surface area contributed by atoms with Gasteiger partial charge in [-0.3, -0.25) is 0 Å². The number of hydrogen-bond donors (Lipinski definition) is 1. The Balaban J connectivity index is 1.91. The van der Waals surface area contributed by atoms with Crippen molar-refractivity contribution in [3.8, 4) is 0 Å². The summed E-state index contributed by atoms with van der Waals surface area (Å²) < 4.78 is 30.5. The van der Waals surface area contributed by atoms with E-state index in [0.717, 1.165) is 38.9 Å². The number of nitrogens with zero attached hydrogens (tertiary/aromatic N) is 1. The number of nitrogens with one attached hydrogen (secondary N) is 1. The highest BCUT2D eigenvalue weighted by Crippen LogP contribution is 2.28. The molecule has 0 bridgehead atoms. The first-order valence-corrected chi connectivity index (χ1v) is 9.05. The molecule has 2 saturated heterocycles. The van der Waals surface area contributed by atoms with Gasteiger partial charge in [-0.25, -0.2) is 12.7 Å². The molecule has 2 aliphatic rings. The summed E-state index contributed by atoms with van der Waals surface area (Å²) in [6, 6.07) is 0.516. The van der Waals surface area contributed by atoms with Gasteiger partial charge < -0.3 is 10.1 Å². The lowest BCUT2D eigenvalue weighted by atomic mass is 9.83. The molecule has 0 radical (unpaired) electrons. The van der Waals surface area contributed by atoms with Gasteiger partial charge in [0.05, 0.1) is 12.9 Å². The number of ether oxygens (including phenoxy) is 1. The van der Waals surface area contributed by atoms with Crippen molar-refractivity contribution in [2.24, 2.45) is 11.8 Å². The van der Waals surface area contributed by atoms with Crippen LogP contribution in [0.1, 0.15) is 25.7 Å². The Morgan fingerprint density at radius 3 is 2.84 bits per heavy atom. The Bertz CT molecular complexity index is 385. The summed E-state index contributed by atoms with van der Waals surface area (Å²) >= 11 is 0. The minimum atomic E-state index is -3.03. The minimum absolute atomic E-state index is 0.478. The van der Waals surface area contributed by atoms with Gasteiger partial charge in [0.15, 0.2) is 0 Å². The molecule has 6 heteroatoms. The van der Waals surface area contributed by atoms with Gasteiger partial charge in [-0.05, 0) is 44.6 Å². The molecule has 2 aliphatic heterocycles. The van der Waals surface area contributed by atoms with Crippen LogP contribution in [0.5, 0.6) is 0 Å². The molecule has 0 saturated carbocycles. The zero-order valence-electron chi connectivity index (χ0n) is 12.0. The summed E-state index contributed by atoms with van der Waals surface area (Å²) in [6.07, 6.45) is 5.56. The van der Waals surface area contributed by atoms with Gasteiger partial charge in [0.2, 0.25) is 10.0 Å². The van der Waals surface area contributed by atoms with Crippen LogP contribution in [0.15, 0.2) is 0 Å². The summed E-state index contributed by atoms with van der Waals surface area (Å²) in [4.78, 5) is 0. The van der Waals surface area contributed by atoms with Crippen molar-refractivity contribution in [2.75, 3.05) is 39.6 Å². The Morgan fingerprint density at radius 1 is 1.37 bits per heavy atom. The third-order valence-corrected chi connectivity index (χ3v) is 5.70. The predicted octanol–water partition coefficient (Wildman–Crippen LogP) is 0.673. The van der Waals surface area contributed by atoms with E-state index in [1.54, 1.807) is 4.31 Å². The number of rotatable bonds is 4. The highest BCUT2D eigenvalue weighted by molar-refractivity contribution is 7.88. The zero-order valence-corrected chi connectivity index (χ0v) is 12.8. The van der Waals surface area contributed by atoms with Crippen molar-refractivity contribution in [3.63, 3.8) is 0 Å². The van der Waals surface area contributed by atoms with Crippen molar-refractivity contribution in [3.05, 3.63) is 0 Å². The molecule has 0 aromatic heterocycles. The van der Waals surface area contributed by atoms with Crippen LogP contribution in [0.25, 0.3) is 0 Å². The van der Waals surface area contributed by atoms with E-state index in [2.05, 4.69) is 5.32 Å². The second-order valence-corrected chi connectivity index (χ2v) is 7.87. The van der Waals surface area contributed by atoms with E-state index in [9.17, 15) is 8.42 Å². The second-order valence-electron chi connectivity index (χ2n) is 5.88. The molecule has 0 aliphatic carbocycles. The molecular weight excluding hydrogens is 264 g/mol. The molecule has 112 valence electrons. The molecule has 19 heavy (non-hydrogen) atoms. The number of piperidine rings is 1. The molecule has 1 N–H and O–H groups in total. The van der Waals surface area contributed by atoms with Crippen LogP contribution in [-0.2, 0) is 14.8 Å². The van der Waals surface area contributed by atoms with Crippen molar-refractivity contribution >= 4 is 10.0 Å². The minimum Gasteiger partial charge on any atom is -0.381 e. The van der Waals surface area contributed by atoms with Crippen LogP contribution in [-0.4, -0.2) is 58.4 Å². The fourth-order valence-corrected chi connectivity index (χ4v) is 4.30. The molecule has 2 fully saturated rings. The first-order valence-electron chi connectivity index (χ1n) is 7.21. The SMILES string of the molecule is CNC1CCOCC1CC1CCCN(S(C)(=O)=O)C1. The molecule has 0 aromatic rings. The third kappa shape index (κ3) is 4.15. The average molecular weight is 290 g/mol. The van der Waals surface area contributed by atoms with Crippen LogP contribution in [0.4, 0.5) is 0 Å². The van der Waals surface area contributed by atoms with Gasteiger partial charge in [0.1, 0.15) is 0 Å². The van der Waals surface area contributed by atoms with E-state index in [0.29, 0.717) is 31.0 Å². The van der Waals surface area contributed by atoms with Crippen LogP contribution >= 0.6 is 0 Å². The molecule has 3 atom stereocenters. The summed E-state index contributed by atoms with van der Waals surface area (Å²) in [6.45, 7) is 3.01. The standard InChI is InChI=1S/C13H26N2O3S/c1-14-13-5-7-18-10-12(13)8-11-4-3-6-15(9-11)19(2,16)17/h11-14H,3-10H2,1-2H3. The topological polar surface area (TPSA) is 58.6 Å². The van der Waals surface area contributed by atoms with Crippen LogP contribution in [0.2, 0.25) is 0 Å². The van der Waals surface area contributed by atoms with Crippen molar-refractivity contribution in [1.82, 2.24) is 9.62 Å². The van der Waals surface area contributed by atoms with Crippen molar-refractivity contribution < 1.29 is 13.2 Å². The van der Waals surface area contributed by atoms with E-state index >= 15 is 0 Å². The van der Waals surface area contributed by atoms with E-state index in [1.165, 1.54) is 6.26 Å². The molecule has 2 heterocycles. The average Bonchev–Trinajstić information content (AvgIpc) is 2.39. The quantitative estimate of drug-likeness (QED) is 0.827. The third-order valence-electron chi connectivity index (χ3n) is 4.43. The lowest BCUT2D eigenvalue weighted by Crippen LogP contribution is -2.44.